The topological polar surface area (TPSA) is 77.5 Å². The maximum Gasteiger partial charge on any atom is 0.355 e. The van der Waals surface area contributed by atoms with Gasteiger partial charge >= 0.3 is 11.9 Å². The van der Waals surface area contributed by atoms with Crippen LogP contribution in [-0.2, 0) is 23.8 Å². The molecule has 1 fully saturated rings. The quantitative estimate of drug-likeness (QED) is 0.708. The fraction of sp³-hybridized carbons (Fsp3) is 0.500. The van der Waals surface area contributed by atoms with E-state index in [9.17, 15) is 9.59 Å². The SMILES string of the molecule is COC(=O)C1=C(C(=O)OC)N(c2ccc(N3CCCCC3)c(OC)c2)COC1. The molecule has 152 valence electrons. The van der Waals surface area contributed by atoms with E-state index in [0.717, 1.165) is 31.6 Å². The minimum Gasteiger partial charge on any atom is -0.495 e. The molecule has 0 aliphatic carbocycles. The zero-order valence-corrected chi connectivity index (χ0v) is 16.5. The maximum atomic E-state index is 12.4. The molecule has 8 nitrogen and oxygen atoms in total. The Labute approximate surface area is 164 Å². The van der Waals surface area contributed by atoms with Gasteiger partial charge in [0.05, 0.1) is 39.2 Å². The van der Waals surface area contributed by atoms with Crippen LogP contribution in [0.3, 0.4) is 0 Å². The molecule has 28 heavy (non-hydrogen) atoms. The number of esters is 2. The van der Waals surface area contributed by atoms with Crippen LogP contribution in [0.4, 0.5) is 11.4 Å². The molecule has 0 atom stereocenters. The molecule has 0 spiro atoms. The molecule has 3 rings (SSSR count). The second-order valence-electron chi connectivity index (χ2n) is 6.62. The summed E-state index contributed by atoms with van der Waals surface area (Å²) in [6, 6.07) is 5.70. The third-order valence-electron chi connectivity index (χ3n) is 5.00. The molecule has 0 aromatic heterocycles. The van der Waals surface area contributed by atoms with Gasteiger partial charge in [-0.2, -0.15) is 0 Å². The van der Waals surface area contributed by atoms with Gasteiger partial charge in [-0.1, -0.05) is 0 Å². The molecular formula is C20H26N2O6. The minimum absolute atomic E-state index is 0.0173. The fourth-order valence-corrected chi connectivity index (χ4v) is 3.58. The number of rotatable bonds is 5. The number of ether oxygens (including phenoxy) is 4. The lowest BCUT2D eigenvalue weighted by atomic mass is 10.1. The standard InChI is InChI=1S/C20H26N2O6/c1-25-17-11-14(7-8-16(17)21-9-5-4-6-10-21)22-13-28-12-15(19(23)26-2)18(22)20(24)27-3/h7-8,11H,4-6,9-10,12-13H2,1-3H3. The van der Waals surface area contributed by atoms with Crippen molar-refractivity contribution in [1.29, 1.82) is 0 Å². The van der Waals surface area contributed by atoms with Crippen LogP contribution in [0.5, 0.6) is 5.75 Å². The molecular weight excluding hydrogens is 364 g/mol. The van der Waals surface area contributed by atoms with Crippen molar-refractivity contribution < 1.29 is 28.5 Å². The first-order valence-electron chi connectivity index (χ1n) is 9.28. The number of anilines is 2. The minimum atomic E-state index is -0.623. The Balaban J connectivity index is 2.00. The zero-order chi connectivity index (χ0) is 20.1. The van der Waals surface area contributed by atoms with E-state index in [-0.39, 0.29) is 24.6 Å². The van der Waals surface area contributed by atoms with Gasteiger partial charge in [0.1, 0.15) is 18.2 Å². The van der Waals surface area contributed by atoms with Crippen LogP contribution in [0.25, 0.3) is 0 Å². The molecule has 0 radical (unpaired) electrons. The maximum absolute atomic E-state index is 12.4. The predicted molar refractivity (Wildman–Crippen MR) is 103 cm³/mol. The van der Waals surface area contributed by atoms with E-state index in [2.05, 4.69) is 4.90 Å². The Morgan fingerprint density at radius 1 is 1.00 bits per heavy atom. The zero-order valence-electron chi connectivity index (χ0n) is 16.5. The molecule has 2 heterocycles. The molecule has 0 bridgehead atoms. The molecule has 8 heteroatoms. The van der Waals surface area contributed by atoms with Gasteiger partial charge in [0.15, 0.2) is 0 Å². The molecule has 0 saturated carbocycles. The predicted octanol–water partition coefficient (Wildman–Crippen LogP) is 2.08. The Morgan fingerprint density at radius 3 is 2.36 bits per heavy atom. The Morgan fingerprint density at radius 2 is 1.71 bits per heavy atom. The van der Waals surface area contributed by atoms with Crippen molar-refractivity contribution >= 4 is 23.3 Å². The molecule has 2 aliphatic rings. The molecule has 0 unspecified atom stereocenters. The summed E-state index contributed by atoms with van der Waals surface area (Å²) in [7, 11) is 4.16. The van der Waals surface area contributed by atoms with E-state index in [1.165, 1.54) is 20.6 Å². The van der Waals surface area contributed by atoms with Crippen LogP contribution < -0.4 is 14.5 Å². The normalized spacial score (nSPS) is 17.4. The third-order valence-corrected chi connectivity index (χ3v) is 5.00. The third kappa shape index (κ3) is 3.91. The number of hydrogen-bond acceptors (Lipinski definition) is 8. The fourth-order valence-electron chi connectivity index (χ4n) is 3.58. The summed E-state index contributed by atoms with van der Waals surface area (Å²) in [4.78, 5) is 28.5. The van der Waals surface area contributed by atoms with Crippen LogP contribution in [-0.4, -0.2) is 59.7 Å². The Kier molecular flexibility index (Phi) is 6.41. The second kappa shape index (κ2) is 8.97. The van der Waals surface area contributed by atoms with Crippen molar-refractivity contribution in [2.45, 2.75) is 19.3 Å². The lowest BCUT2D eigenvalue weighted by Gasteiger charge is -2.33. The molecule has 2 aliphatic heterocycles. The van der Waals surface area contributed by atoms with Crippen molar-refractivity contribution in [3.63, 3.8) is 0 Å². The van der Waals surface area contributed by atoms with Gasteiger partial charge in [0, 0.05) is 24.8 Å². The lowest BCUT2D eigenvalue weighted by Crippen LogP contribution is -2.38. The van der Waals surface area contributed by atoms with Crippen molar-refractivity contribution in [1.82, 2.24) is 0 Å². The number of hydrogen-bond donors (Lipinski definition) is 0. The van der Waals surface area contributed by atoms with Gasteiger partial charge in [-0.05, 0) is 31.4 Å². The molecule has 0 N–H and O–H groups in total. The first-order valence-corrected chi connectivity index (χ1v) is 9.28. The van der Waals surface area contributed by atoms with Crippen LogP contribution in [0.1, 0.15) is 19.3 Å². The summed E-state index contributed by atoms with van der Waals surface area (Å²) < 4.78 is 20.8. The number of benzene rings is 1. The van der Waals surface area contributed by atoms with E-state index in [4.69, 9.17) is 18.9 Å². The molecule has 1 aromatic carbocycles. The summed E-state index contributed by atoms with van der Waals surface area (Å²) in [5.41, 5.74) is 1.92. The number of piperidine rings is 1. The number of carbonyl (C=O) groups is 2. The van der Waals surface area contributed by atoms with E-state index >= 15 is 0 Å². The molecule has 1 saturated heterocycles. The summed E-state index contributed by atoms with van der Waals surface area (Å²) in [6.07, 6.45) is 3.55. The lowest BCUT2D eigenvalue weighted by molar-refractivity contribution is -0.140. The molecule has 0 amide bonds. The number of methoxy groups -OCH3 is 3. The van der Waals surface area contributed by atoms with E-state index in [1.54, 1.807) is 12.0 Å². The highest BCUT2D eigenvalue weighted by Gasteiger charge is 2.33. The smallest absolute Gasteiger partial charge is 0.355 e. The van der Waals surface area contributed by atoms with Crippen molar-refractivity contribution in [3.8, 4) is 5.75 Å². The average Bonchev–Trinajstić information content (AvgIpc) is 2.77. The highest BCUT2D eigenvalue weighted by molar-refractivity contribution is 6.03. The van der Waals surface area contributed by atoms with Crippen LogP contribution in [0.15, 0.2) is 29.5 Å². The first-order chi connectivity index (χ1) is 13.6. The summed E-state index contributed by atoms with van der Waals surface area (Å²) in [6.45, 7) is 2.07. The van der Waals surface area contributed by atoms with Gasteiger partial charge < -0.3 is 28.7 Å². The van der Waals surface area contributed by atoms with Gasteiger partial charge in [-0.15, -0.1) is 0 Å². The van der Waals surface area contributed by atoms with Gasteiger partial charge in [0.25, 0.3) is 0 Å². The Bertz CT molecular complexity index is 770. The van der Waals surface area contributed by atoms with Crippen LogP contribution >= 0.6 is 0 Å². The second-order valence-corrected chi connectivity index (χ2v) is 6.62. The van der Waals surface area contributed by atoms with Crippen molar-refractivity contribution in [2.24, 2.45) is 0 Å². The van der Waals surface area contributed by atoms with Crippen LogP contribution in [0.2, 0.25) is 0 Å². The van der Waals surface area contributed by atoms with Crippen molar-refractivity contribution in [2.75, 3.05) is 57.6 Å². The number of carbonyl (C=O) groups excluding carboxylic acids is 2. The monoisotopic (exact) mass is 390 g/mol. The van der Waals surface area contributed by atoms with Gasteiger partial charge in [0.2, 0.25) is 0 Å². The van der Waals surface area contributed by atoms with Crippen molar-refractivity contribution in [3.05, 3.63) is 29.5 Å². The average molecular weight is 390 g/mol. The number of nitrogens with zero attached hydrogens (tertiary/aromatic N) is 2. The van der Waals surface area contributed by atoms with Crippen LogP contribution in [0, 0.1) is 0 Å². The largest absolute Gasteiger partial charge is 0.495 e. The van der Waals surface area contributed by atoms with E-state index in [0.29, 0.717) is 11.4 Å². The summed E-state index contributed by atoms with van der Waals surface area (Å²) >= 11 is 0. The highest BCUT2D eigenvalue weighted by atomic mass is 16.5. The first kappa shape index (κ1) is 20.0. The summed E-state index contributed by atoms with van der Waals surface area (Å²) in [5.74, 6) is -0.543. The molecule has 1 aromatic rings. The summed E-state index contributed by atoms with van der Waals surface area (Å²) in [5, 5.41) is 0. The highest BCUT2D eigenvalue weighted by Crippen LogP contribution is 2.36. The van der Waals surface area contributed by atoms with Gasteiger partial charge in [-0.25, -0.2) is 9.59 Å². The Hall–Kier alpha value is -2.74. The van der Waals surface area contributed by atoms with E-state index < -0.39 is 11.9 Å². The van der Waals surface area contributed by atoms with Gasteiger partial charge in [-0.3, -0.25) is 0 Å². The van der Waals surface area contributed by atoms with E-state index in [1.807, 2.05) is 18.2 Å².